The van der Waals surface area contributed by atoms with E-state index in [2.05, 4.69) is 78.0 Å². The van der Waals surface area contributed by atoms with Gasteiger partial charge in [0.1, 0.15) is 0 Å². The van der Waals surface area contributed by atoms with E-state index >= 15 is 0 Å². The smallest absolute Gasteiger partial charge is 0.0945 e. The molecular weight excluding hydrogens is 485 g/mol. The molecule has 5 aromatic rings. The Morgan fingerprint density at radius 2 is 1.61 bits per heavy atom. The van der Waals surface area contributed by atoms with E-state index in [9.17, 15) is 0 Å². The largest absolute Gasteiger partial charge is 0.337 e. The first-order chi connectivity index (χ1) is 17.4. The van der Waals surface area contributed by atoms with Crippen LogP contribution in [0.4, 0.5) is 0 Å². The zero-order valence-electron chi connectivity index (χ0n) is 20.8. The molecule has 0 bridgehead atoms. The molecular formula is C31H29Cl2N3. The molecule has 0 radical (unpaired) electrons. The van der Waals surface area contributed by atoms with Gasteiger partial charge in [-0.1, -0.05) is 78.7 Å². The van der Waals surface area contributed by atoms with Crippen LogP contribution in [0.25, 0.3) is 10.9 Å². The summed E-state index contributed by atoms with van der Waals surface area (Å²) < 4.78 is 2.07. The van der Waals surface area contributed by atoms with E-state index in [0.717, 1.165) is 63.3 Å². The highest BCUT2D eigenvalue weighted by atomic mass is 35.5. The summed E-state index contributed by atoms with van der Waals surface area (Å²) in [6.07, 6.45) is 6.41. The summed E-state index contributed by atoms with van der Waals surface area (Å²) in [4.78, 5) is 9.46. The Morgan fingerprint density at radius 3 is 2.28 bits per heavy atom. The Balaban J connectivity index is 1.66. The van der Waals surface area contributed by atoms with Crippen LogP contribution in [-0.4, -0.2) is 14.5 Å². The molecule has 1 unspecified atom stereocenters. The summed E-state index contributed by atoms with van der Waals surface area (Å²) in [5, 5.41) is 2.50. The van der Waals surface area contributed by atoms with Gasteiger partial charge in [0.2, 0.25) is 0 Å². The molecule has 3 nitrogen and oxygen atoms in total. The van der Waals surface area contributed by atoms with Crippen LogP contribution in [0.1, 0.15) is 47.5 Å². The number of imidazole rings is 1. The number of hydrogen-bond donors (Lipinski definition) is 0. The average molecular weight is 515 g/mol. The fourth-order valence-corrected chi connectivity index (χ4v) is 5.65. The second kappa shape index (κ2) is 10.1. The molecule has 0 amide bonds. The molecule has 3 aromatic carbocycles. The van der Waals surface area contributed by atoms with E-state index in [-0.39, 0.29) is 0 Å². The molecule has 0 aliphatic heterocycles. The average Bonchev–Trinajstić information content (AvgIpc) is 3.34. The molecule has 0 saturated carbocycles. The number of aryl methyl sites for hydroxylation is 3. The van der Waals surface area contributed by atoms with Gasteiger partial charge in [-0.2, -0.15) is 0 Å². The molecule has 0 N–H and O–H groups in total. The van der Waals surface area contributed by atoms with E-state index in [4.69, 9.17) is 28.2 Å². The first-order valence-electron chi connectivity index (χ1n) is 12.3. The maximum Gasteiger partial charge on any atom is 0.0945 e. The first kappa shape index (κ1) is 24.5. The fraction of sp³-hybridized carbons (Fsp3) is 0.226. The van der Waals surface area contributed by atoms with E-state index in [1.165, 1.54) is 5.56 Å². The second-order valence-electron chi connectivity index (χ2n) is 9.44. The van der Waals surface area contributed by atoms with Gasteiger partial charge in [-0.25, -0.2) is 4.98 Å². The van der Waals surface area contributed by atoms with Crippen LogP contribution in [0.5, 0.6) is 0 Å². The molecule has 0 aliphatic rings. The number of rotatable bonds is 7. The molecule has 0 fully saturated rings. The van der Waals surface area contributed by atoms with Crippen molar-refractivity contribution in [3.05, 3.63) is 129 Å². The van der Waals surface area contributed by atoms with Gasteiger partial charge in [0.05, 0.1) is 28.0 Å². The number of hydrogen-bond acceptors (Lipinski definition) is 2. The Bertz CT molecular complexity index is 1510. The lowest BCUT2D eigenvalue weighted by atomic mass is 9.73. The van der Waals surface area contributed by atoms with Crippen molar-refractivity contribution in [2.45, 2.75) is 38.5 Å². The van der Waals surface area contributed by atoms with Crippen LogP contribution < -0.4 is 0 Å². The monoisotopic (exact) mass is 513 g/mol. The topological polar surface area (TPSA) is 30.7 Å². The summed E-state index contributed by atoms with van der Waals surface area (Å²) in [5.41, 5.74) is 7.33. The number of fused-ring (bicyclic) bond motifs is 1. The minimum absolute atomic E-state index is 0.457. The molecule has 5 heteroatoms. The Kier molecular flexibility index (Phi) is 6.87. The van der Waals surface area contributed by atoms with Gasteiger partial charge in [-0.3, -0.25) is 4.98 Å². The predicted molar refractivity (Wildman–Crippen MR) is 150 cm³/mol. The predicted octanol–water partition coefficient (Wildman–Crippen LogP) is 7.98. The molecule has 0 saturated heterocycles. The highest BCUT2D eigenvalue weighted by molar-refractivity contribution is 6.36. The van der Waals surface area contributed by atoms with Crippen molar-refractivity contribution >= 4 is 34.1 Å². The van der Waals surface area contributed by atoms with Crippen molar-refractivity contribution in [3.8, 4) is 0 Å². The number of halogens is 2. The molecule has 0 aliphatic carbocycles. The first-order valence-corrected chi connectivity index (χ1v) is 13.1. The van der Waals surface area contributed by atoms with E-state index in [1.54, 1.807) is 0 Å². The molecule has 2 heterocycles. The van der Waals surface area contributed by atoms with Gasteiger partial charge in [0, 0.05) is 29.3 Å². The molecule has 36 heavy (non-hydrogen) atoms. The highest BCUT2D eigenvalue weighted by Crippen LogP contribution is 2.41. The van der Waals surface area contributed by atoms with Gasteiger partial charge in [0.15, 0.2) is 0 Å². The summed E-state index contributed by atoms with van der Waals surface area (Å²) >= 11 is 13.4. The second-order valence-corrected chi connectivity index (χ2v) is 10.3. The lowest BCUT2D eigenvalue weighted by Gasteiger charge is -2.32. The van der Waals surface area contributed by atoms with Gasteiger partial charge in [-0.05, 0) is 72.7 Å². The zero-order chi connectivity index (χ0) is 25.3. The zero-order valence-corrected chi connectivity index (χ0v) is 22.3. The highest BCUT2D eigenvalue weighted by Gasteiger charge is 2.34. The van der Waals surface area contributed by atoms with Crippen molar-refractivity contribution in [1.29, 1.82) is 0 Å². The minimum Gasteiger partial charge on any atom is -0.337 e. The van der Waals surface area contributed by atoms with Crippen molar-refractivity contribution in [2.24, 2.45) is 7.05 Å². The van der Waals surface area contributed by atoms with Gasteiger partial charge < -0.3 is 4.57 Å². The molecule has 1 atom stereocenters. The van der Waals surface area contributed by atoms with Crippen LogP contribution in [-0.2, 0) is 31.7 Å². The van der Waals surface area contributed by atoms with Crippen LogP contribution >= 0.6 is 23.2 Å². The van der Waals surface area contributed by atoms with Crippen molar-refractivity contribution < 1.29 is 0 Å². The molecule has 2 aromatic heterocycles. The maximum absolute atomic E-state index is 7.16. The van der Waals surface area contributed by atoms with Crippen LogP contribution in [0.3, 0.4) is 0 Å². The van der Waals surface area contributed by atoms with Gasteiger partial charge >= 0.3 is 0 Å². The van der Waals surface area contributed by atoms with Crippen LogP contribution in [0.2, 0.25) is 10.0 Å². The summed E-state index contributed by atoms with van der Waals surface area (Å²) in [6.45, 7) is 4.37. The number of aromatic nitrogens is 3. The van der Waals surface area contributed by atoms with Crippen molar-refractivity contribution in [1.82, 2.24) is 14.5 Å². The molecule has 0 spiro atoms. The number of benzene rings is 3. The van der Waals surface area contributed by atoms with Gasteiger partial charge in [-0.15, -0.1) is 0 Å². The fourth-order valence-electron chi connectivity index (χ4n) is 5.17. The summed E-state index contributed by atoms with van der Waals surface area (Å²) in [6, 6.07) is 25.1. The standard InChI is InChI=1S/C31H29Cl2N3/c1-4-27-25(16-10-21-8-6-5-7-9-21)30(33)26-18-23(13-17-28(26)35-27)31(2,29-19-34-20-36(29)3)22-11-14-24(32)15-12-22/h5-9,11-15,17-20H,4,10,16H2,1-3H3. The Morgan fingerprint density at radius 1 is 0.889 bits per heavy atom. The normalized spacial score (nSPS) is 13.1. The van der Waals surface area contributed by atoms with E-state index in [1.807, 2.05) is 37.8 Å². The van der Waals surface area contributed by atoms with Crippen LogP contribution in [0, 0.1) is 0 Å². The third-order valence-electron chi connectivity index (χ3n) is 7.27. The molecule has 5 rings (SSSR count). The molecule has 182 valence electrons. The summed E-state index contributed by atoms with van der Waals surface area (Å²) in [7, 11) is 2.03. The maximum atomic E-state index is 7.16. The Hall–Kier alpha value is -3.14. The van der Waals surface area contributed by atoms with E-state index < -0.39 is 5.41 Å². The third kappa shape index (κ3) is 4.42. The number of nitrogens with zero attached hydrogens (tertiary/aromatic N) is 3. The van der Waals surface area contributed by atoms with Crippen molar-refractivity contribution in [3.63, 3.8) is 0 Å². The van der Waals surface area contributed by atoms with Crippen LogP contribution in [0.15, 0.2) is 85.3 Å². The lowest BCUT2D eigenvalue weighted by molar-refractivity contribution is 0.627. The number of pyridine rings is 1. The quantitative estimate of drug-likeness (QED) is 0.221. The van der Waals surface area contributed by atoms with E-state index in [0.29, 0.717) is 5.02 Å². The van der Waals surface area contributed by atoms with Crippen molar-refractivity contribution in [2.75, 3.05) is 0 Å². The van der Waals surface area contributed by atoms with Gasteiger partial charge in [0.25, 0.3) is 0 Å². The minimum atomic E-state index is -0.457. The Labute approximate surface area is 222 Å². The lowest BCUT2D eigenvalue weighted by Crippen LogP contribution is -2.28. The summed E-state index contributed by atoms with van der Waals surface area (Å²) in [5.74, 6) is 0. The third-order valence-corrected chi connectivity index (χ3v) is 7.95. The SMILES string of the molecule is CCc1nc2ccc(C(C)(c3ccc(Cl)cc3)c3cncn3C)cc2c(Cl)c1CCc1ccccc1.